The Bertz CT molecular complexity index is 111. The van der Waals surface area contributed by atoms with Crippen molar-refractivity contribution in [1.29, 1.82) is 0 Å². The van der Waals surface area contributed by atoms with Crippen LogP contribution in [0, 0.1) is 0 Å². The molecule has 0 saturated carbocycles. The molecule has 0 atom stereocenters. The molecule has 74 N–H and O–H groups in total. The van der Waals surface area contributed by atoms with Crippen LogP contribution in [0.15, 0.2) is 0 Å². The molecule has 0 aromatic heterocycles. The molecule has 0 unspecified atom stereocenters. The van der Waals surface area contributed by atoms with Gasteiger partial charge in [0.15, 0.2) is 0 Å². The maximum absolute atomic E-state index is 8.55. The summed E-state index contributed by atoms with van der Waals surface area (Å²) in [6.07, 6.45) is 0. The Morgan fingerprint density at radius 2 is 0.158 bits per heavy atom. The standard InChI is InChI=1S/3Na.H3O4P.37H2O.12W/c;;;1-5(2,3)4;;;;;;;;;;;;;;;;;;;;;;;;;;;;;;;;;;;;;;;;;;;;;;;;;/h;;;(H3,1,2,3,4);37*1H2;;;;;;;;;;;;/q3*+1;;;;;;;;;;;;;;;;;;;;;;;;;;;;;;;;;;;;;;;;;;;;;;;;;;/p-3. The van der Waals surface area contributed by atoms with Crippen LogP contribution in [0.4, 0.5) is 0 Å². The minimum Gasteiger partial charge on any atom is -0.822 e. The van der Waals surface area contributed by atoms with Gasteiger partial charge in [0.2, 0.25) is 0 Å². The summed E-state index contributed by atoms with van der Waals surface area (Å²) in [5.74, 6) is 0. The largest absolute Gasteiger partial charge is 1.00 e. The predicted molar refractivity (Wildman–Crippen MR) is 141 cm³/mol. The first-order chi connectivity index (χ1) is 2.00. The first kappa shape index (κ1) is 1510. The summed E-state index contributed by atoms with van der Waals surface area (Å²) < 4.78 is 8.55. The first-order valence-electron chi connectivity index (χ1n) is 0.730. The van der Waals surface area contributed by atoms with Gasteiger partial charge in [-0.2, -0.15) is 7.82 Å². The van der Waals surface area contributed by atoms with Gasteiger partial charge >= 0.3 is 88.7 Å². The fraction of sp³-hybridized carbons (Fsp3) is 0. The van der Waals surface area contributed by atoms with Gasteiger partial charge in [0.25, 0.3) is 0 Å². The Hall–Kier alpha value is 9.89. The van der Waals surface area contributed by atoms with Crippen molar-refractivity contribution in [3.8, 4) is 0 Å². The van der Waals surface area contributed by atoms with Crippen molar-refractivity contribution in [1.82, 2.24) is 0 Å². The zero-order valence-electron chi connectivity index (χ0n) is 28.5. The third kappa shape index (κ3) is 2750. The van der Waals surface area contributed by atoms with Gasteiger partial charge in [0.1, 0.15) is 0 Å². The summed E-state index contributed by atoms with van der Waals surface area (Å²) in [4.78, 5) is 25.6. The molecule has 0 aliphatic carbocycles. The van der Waals surface area contributed by atoms with E-state index < -0.39 is 7.82 Å². The Balaban J connectivity index is -0.0000000000603. The molecule has 57 heteroatoms. The van der Waals surface area contributed by atoms with Gasteiger partial charge in [-0.1, -0.05) is 0 Å². The molecule has 0 spiro atoms. The molecular formula is H74Na3O41PW12. The maximum Gasteiger partial charge on any atom is 1.00 e. The van der Waals surface area contributed by atoms with Crippen molar-refractivity contribution in [3.05, 3.63) is 0 Å². The van der Waals surface area contributed by atoms with E-state index in [0.29, 0.717) is 0 Å². The van der Waals surface area contributed by atoms with Gasteiger partial charge in [0.05, 0.1) is 0 Å². The van der Waals surface area contributed by atoms with E-state index in [-0.39, 0.29) is 544 Å². The molecule has 0 fully saturated rings. The van der Waals surface area contributed by atoms with Gasteiger partial charge in [-0.15, -0.1) is 0 Å². The van der Waals surface area contributed by atoms with E-state index in [1.807, 2.05) is 0 Å². The average molecular weight is 3040 g/mol. The number of rotatable bonds is 0. The Morgan fingerprint density at radius 3 is 0.158 bits per heavy atom. The van der Waals surface area contributed by atoms with E-state index in [0.717, 1.165) is 0 Å². The SMILES string of the molecule is O.O.O.O.O.O.O.O.O.O.O.O.O.O.O.O.O.O.O.O.O.O.O.O.O.O.O.O.O.O.O.O.O.O.O.O.O.O=P([O-])([O-])[O-].[Na+].[Na+].[Na+].[W].[W].[W].[W].[W].[W].[W].[W].[W].[W].[W].[W]. The van der Waals surface area contributed by atoms with Crippen LogP contribution in [0.25, 0.3) is 0 Å². The molecule has 0 rings (SSSR count). The Labute approximate surface area is 561 Å². The minimum absolute atomic E-state index is 0. The third-order valence-electron chi connectivity index (χ3n) is 0. The monoisotopic (exact) mass is 3040 g/mol. The van der Waals surface area contributed by atoms with Crippen LogP contribution < -0.4 is 103 Å². The zero-order valence-corrected chi connectivity index (χ0v) is 70.6. The predicted octanol–water partition coefficient (Wildman–Crippen LogP) is -42.4. The van der Waals surface area contributed by atoms with Crippen molar-refractivity contribution in [2.45, 2.75) is 0 Å². The molecular weight excluding hydrogens is 2960 g/mol. The molecule has 0 amide bonds. The molecule has 0 heterocycles. The van der Waals surface area contributed by atoms with Crippen LogP contribution in [0.5, 0.6) is 0 Å². The summed E-state index contributed by atoms with van der Waals surface area (Å²) in [5, 5.41) is 0. The van der Waals surface area contributed by atoms with Crippen molar-refractivity contribution in [2.24, 2.45) is 0 Å². The second kappa shape index (κ2) is 1100. The molecule has 0 bridgehead atoms. The van der Waals surface area contributed by atoms with Crippen LogP contribution in [0.1, 0.15) is 0 Å². The molecule has 0 aromatic carbocycles. The van der Waals surface area contributed by atoms with Crippen molar-refractivity contribution in [2.75, 3.05) is 0 Å². The van der Waals surface area contributed by atoms with Gasteiger partial charge in [-0.25, -0.2) is 0 Å². The number of hydrogen-bond donors (Lipinski definition) is 0. The van der Waals surface area contributed by atoms with Crippen molar-refractivity contribution < 1.29 is 563 Å². The van der Waals surface area contributed by atoms with Gasteiger partial charge in [-0.05, 0) is 0 Å². The van der Waals surface area contributed by atoms with Gasteiger partial charge in [0, 0.05) is 253 Å². The summed E-state index contributed by atoms with van der Waals surface area (Å²) in [7, 11) is -5.39. The second-order valence-corrected chi connectivity index (χ2v) is 1.34. The zero-order chi connectivity index (χ0) is 4.50. The molecule has 0 aliphatic heterocycles. The van der Waals surface area contributed by atoms with Gasteiger partial charge < -0.3 is 222 Å². The Kier molecular flexibility index (Phi) is 29000. The summed E-state index contributed by atoms with van der Waals surface area (Å²) >= 11 is 0. The van der Waals surface area contributed by atoms with E-state index in [9.17, 15) is 0 Å². The molecule has 400 valence electrons. The molecule has 0 radical (unpaired) electrons. The van der Waals surface area contributed by atoms with E-state index in [1.165, 1.54) is 0 Å². The second-order valence-electron chi connectivity index (χ2n) is 0.447. The van der Waals surface area contributed by atoms with E-state index in [4.69, 9.17) is 19.2 Å². The normalized spacial score (nSPS) is 1.04. The fourth-order valence-electron chi connectivity index (χ4n) is 0. The van der Waals surface area contributed by atoms with Crippen LogP contribution >= 0.6 is 7.82 Å². The van der Waals surface area contributed by atoms with Gasteiger partial charge in [-0.3, -0.25) is 0 Å². The topological polar surface area (TPSA) is 1250 Å². The summed E-state index contributed by atoms with van der Waals surface area (Å²) in [6.45, 7) is 0. The van der Waals surface area contributed by atoms with Crippen LogP contribution in [0.3, 0.4) is 0 Å². The number of phosphoric acid groups is 1. The van der Waals surface area contributed by atoms with E-state index in [1.54, 1.807) is 0 Å². The molecule has 57 heavy (non-hydrogen) atoms. The fourth-order valence-corrected chi connectivity index (χ4v) is 0. The van der Waals surface area contributed by atoms with Crippen LogP contribution in [-0.2, 0) is 257 Å². The number of hydrogen-bond acceptors (Lipinski definition) is 4. The molecule has 0 aromatic rings. The molecule has 0 aliphatic rings. The Morgan fingerprint density at radius 1 is 0.158 bits per heavy atom. The average Bonchev–Trinajstić information content (AvgIpc) is 0.722. The van der Waals surface area contributed by atoms with Crippen molar-refractivity contribution in [3.63, 3.8) is 0 Å². The van der Waals surface area contributed by atoms with Crippen molar-refractivity contribution >= 4 is 7.82 Å². The quantitative estimate of drug-likeness (QED) is 0.168. The van der Waals surface area contributed by atoms with Crippen LogP contribution in [0.2, 0.25) is 0 Å². The first-order valence-corrected chi connectivity index (χ1v) is 2.19. The molecule has 41 nitrogen and oxygen atoms in total. The van der Waals surface area contributed by atoms with E-state index in [2.05, 4.69) is 0 Å². The summed E-state index contributed by atoms with van der Waals surface area (Å²) in [6, 6.07) is 0. The summed E-state index contributed by atoms with van der Waals surface area (Å²) in [5.41, 5.74) is 0. The smallest absolute Gasteiger partial charge is 0.822 e. The third-order valence-corrected chi connectivity index (χ3v) is 0. The van der Waals surface area contributed by atoms with Crippen LogP contribution in [-0.4, -0.2) is 203 Å². The van der Waals surface area contributed by atoms with E-state index >= 15 is 0 Å². The minimum atomic E-state index is -5.39. The maximum atomic E-state index is 8.55. The molecule has 0 saturated heterocycles.